The van der Waals surface area contributed by atoms with Crippen molar-refractivity contribution in [1.82, 2.24) is 0 Å². The lowest BCUT2D eigenvalue weighted by molar-refractivity contribution is -0.114. The van der Waals surface area contributed by atoms with E-state index in [-0.39, 0.29) is 11.3 Å². The molecular weight excluding hydrogens is 403 g/mol. The third-order valence-electron chi connectivity index (χ3n) is 3.06. The lowest BCUT2D eigenvalue weighted by Crippen LogP contribution is -2.18. The van der Waals surface area contributed by atoms with Crippen LogP contribution >= 0.6 is 34.8 Å². The Kier molecular flexibility index (Phi) is 6.63. The van der Waals surface area contributed by atoms with E-state index in [0.717, 1.165) is 0 Å². The minimum absolute atomic E-state index is 0.0589. The molecule has 0 spiro atoms. The maximum atomic E-state index is 12.1. The van der Waals surface area contributed by atoms with Crippen LogP contribution in [0.25, 0.3) is 0 Å². The molecule has 2 amide bonds. The Morgan fingerprint density at radius 1 is 0.808 bits per heavy atom. The predicted molar refractivity (Wildman–Crippen MR) is 101 cm³/mol. The highest BCUT2D eigenvalue weighted by Gasteiger charge is 2.18. The second kappa shape index (κ2) is 8.71. The number of rotatable bonds is 5. The normalized spacial score (nSPS) is 11.3. The molecule has 0 saturated heterocycles. The molecule has 0 aromatic heterocycles. The number of amides is 2. The standard InChI is InChI=1S/C17H11Cl3N2O4/c18-10-2-1-3-12(8-10)22-16(24)14(20)13(19)15(23)21-11-6-4-9(5-7-11)17(25)26/h1-8H,(H,21,23)(H,22,24)(H,25,26). The van der Waals surface area contributed by atoms with Gasteiger partial charge in [0.2, 0.25) is 0 Å². The molecule has 0 heterocycles. The zero-order valence-electron chi connectivity index (χ0n) is 12.9. The van der Waals surface area contributed by atoms with Crippen LogP contribution in [0.5, 0.6) is 0 Å². The molecule has 6 nitrogen and oxygen atoms in total. The Hall–Kier alpha value is -2.54. The first-order chi connectivity index (χ1) is 12.3. The van der Waals surface area contributed by atoms with Crippen LogP contribution in [0.1, 0.15) is 10.4 Å². The number of anilines is 2. The van der Waals surface area contributed by atoms with Crippen LogP contribution in [-0.2, 0) is 9.59 Å². The van der Waals surface area contributed by atoms with Gasteiger partial charge >= 0.3 is 5.97 Å². The van der Waals surface area contributed by atoms with E-state index < -0.39 is 27.8 Å². The van der Waals surface area contributed by atoms with Gasteiger partial charge < -0.3 is 15.7 Å². The van der Waals surface area contributed by atoms with Crippen molar-refractivity contribution in [2.45, 2.75) is 0 Å². The van der Waals surface area contributed by atoms with Crippen molar-refractivity contribution in [1.29, 1.82) is 0 Å². The van der Waals surface area contributed by atoms with Crippen LogP contribution in [0.4, 0.5) is 11.4 Å². The molecule has 2 rings (SSSR count). The Morgan fingerprint density at radius 2 is 1.35 bits per heavy atom. The first kappa shape index (κ1) is 19.8. The number of benzene rings is 2. The third-order valence-corrected chi connectivity index (χ3v) is 4.12. The molecular formula is C17H11Cl3N2O4. The second-order valence-corrected chi connectivity index (χ2v) is 6.12. The molecule has 0 radical (unpaired) electrons. The van der Waals surface area contributed by atoms with Crippen molar-refractivity contribution in [2.24, 2.45) is 0 Å². The summed E-state index contributed by atoms with van der Waals surface area (Å²) in [6.07, 6.45) is 0. The smallest absolute Gasteiger partial charge is 0.335 e. The minimum atomic E-state index is -1.10. The highest BCUT2D eigenvalue weighted by atomic mass is 35.5. The monoisotopic (exact) mass is 412 g/mol. The Morgan fingerprint density at radius 3 is 1.85 bits per heavy atom. The second-order valence-electron chi connectivity index (χ2n) is 4.93. The summed E-state index contributed by atoms with van der Waals surface area (Å²) < 4.78 is 0. The van der Waals surface area contributed by atoms with Gasteiger partial charge in [0.05, 0.1) is 5.56 Å². The van der Waals surface area contributed by atoms with Gasteiger partial charge in [-0.3, -0.25) is 9.59 Å². The number of carboxylic acid groups (broad SMARTS) is 1. The summed E-state index contributed by atoms with van der Waals surface area (Å²) in [7, 11) is 0. The summed E-state index contributed by atoms with van der Waals surface area (Å²) in [4.78, 5) is 34.9. The molecule has 26 heavy (non-hydrogen) atoms. The SMILES string of the molecule is O=C(Nc1ccc(C(=O)O)cc1)C(Cl)=C(Cl)C(=O)Nc1cccc(Cl)c1. The van der Waals surface area contributed by atoms with E-state index in [1.54, 1.807) is 18.2 Å². The van der Waals surface area contributed by atoms with E-state index in [2.05, 4.69) is 10.6 Å². The zero-order chi connectivity index (χ0) is 19.3. The molecule has 2 aromatic carbocycles. The van der Waals surface area contributed by atoms with E-state index in [0.29, 0.717) is 10.7 Å². The molecule has 3 N–H and O–H groups in total. The van der Waals surface area contributed by atoms with Gasteiger partial charge in [-0.15, -0.1) is 0 Å². The summed E-state index contributed by atoms with van der Waals surface area (Å²) in [6.45, 7) is 0. The fourth-order valence-corrected chi connectivity index (χ4v) is 2.29. The van der Waals surface area contributed by atoms with E-state index in [9.17, 15) is 14.4 Å². The van der Waals surface area contributed by atoms with Crippen molar-refractivity contribution < 1.29 is 19.5 Å². The fourth-order valence-electron chi connectivity index (χ4n) is 1.83. The van der Waals surface area contributed by atoms with Gasteiger partial charge in [0.1, 0.15) is 10.1 Å². The van der Waals surface area contributed by atoms with E-state index >= 15 is 0 Å². The van der Waals surface area contributed by atoms with Gasteiger partial charge in [-0.05, 0) is 42.5 Å². The summed E-state index contributed by atoms with van der Waals surface area (Å²) in [5.74, 6) is -2.70. The molecule has 134 valence electrons. The van der Waals surface area contributed by atoms with Crippen LogP contribution in [0, 0.1) is 0 Å². The topological polar surface area (TPSA) is 95.5 Å². The van der Waals surface area contributed by atoms with E-state index in [4.69, 9.17) is 39.9 Å². The molecule has 0 aliphatic rings. The van der Waals surface area contributed by atoms with Crippen LogP contribution in [0.3, 0.4) is 0 Å². The summed E-state index contributed by atoms with van der Waals surface area (Å²) in [6, 6.07) is 11.7. The van der Waals surface area contributed by atoms with Crippen LogP contribution in [-0.4, -0.2) is 22.9 Å². The number of nitrogens with one attached hydrogen (secondary N) is 2. The van der Waals surface area contributed by atoms with E-state index in [1.165, 1.54) is 30.3 Å². The molecule has 0 saturated carbocycles. The molecule has 0 unspecified atom stereocenters. The fraction of sp³-hybridized carbons (Fsp3) is 0. The van der Waals surface area contributed by atoms with Gasteiger partial charge in [0.15, 0.2) is 0 Å². The highest BCUT2D eigenvalue weighted by Crippen LogP contribution is 2.21. The number of halogens is 3. The maximum absolute atomic E-state index is 12.1. The molecule has 2 aromatic rings. The molecule has 0 atom stereocenters. The number of carbonyl (C=O) groups excluding carboxylic acids is 2. The number of hydrogen-bond acceptors (Lipinski definition) is 3. The van der Waals surface area contributed by atoms with Gasteiger partial charge in [-0.25, -0.2) is 4.79 Å². The quantitative estimate of drug-likeness (QED) is 0.637. The van der Waals surface area contributed by atoms with Gasteiger partial charge in [-0.2, -0.15) is 0 Å². The Bertz CT molecular complexity index is 895. The lowest BCUT2D eigenvalue weighted by atomic mass is 10.2. The maximum Gasteiger partial charge on any atom is 0.335 e. The average molecular weight is 414 g/mol. The highest BCUT2D eigenvalue weighted by molar-refractivity contribution is 6.55. The van der Waals surface area contributed by atoms with Crippen molar-refractivity contribution in [3.8, 4) is 0 Å². The van der Waals surface area contributed by atoms with Gasteiger partial charge in [0.25, 0.3) is 11.8 Å². The van der Waals surface area contributed by atoms with Crippen LogP contribution in [0.15, 0.2) is 58.6 Å². The third kappa shape index (κ3) is 5.23. The minimum Gasteiger partial charge on any atom is -0.478 e. The molecule has 0 aliphatic heterocycles. The van der Waals surface area contributed by atoms with Crippen molar-refractivity contribution in [2.75, 3.05) is 10.6 Å². The first-order valence-electron chi connectivity index (χ1n) is 7.05. The summed E-state index contributed by atoms with van der Waals surface area (Å²) in [5, 5.41) is 13.1. The Labute approximate surface area is 163 Å². The Balaban J connectivity index is 2.08. The number of hydrogen-bond donors (Lipinski definition) is 3. The number of carboxylic acids is 1. The van der Waals surface area contributed by atoms with E-state index in [1.807, 2.05) is 0 Å². The molecule has 0 aliphatic carbocycles. The van der Waals surface area contributed by atoms with Gasteiger partial charge in [-0.1, -0.05) is 40.9 Å². The summed E-state index contributed by atoms with van der Waals surface area (Å²) in [5.41, 5.74) is 0.733. The molecule has 9 heteroatoms. The first-order valence-corrected chi connectivity index (χ1v) is 8.18. The number of carbonyl (C=O) groups is 3. The average Bonchev–Trinajstić information content (AvgIpc) is 2.60. The van der Waals surface area contributed by atoms with Crippen molar-refractivity contribution in [3.63, 3.8) is 0 Å². The molecule has 0 fully saturated rings. The number of aromatic carboxylic acids is 1. The predicted octanol–water partition coefficient (Wildman–Crippen LogP) is 4.30. The van der Waals surface area contributed by atoms with Crippen LogP contribution in [0.2, 0.25) is 5.02 Å². The zero-order valence-corrected chi connectivity index (χ0v) is 15.2. The molecule has 0 bridgehead atoms. The van der Waals surface area contributed by atoms with Crippen molar-refractivity contribution >= 4 is 64.0 Å². The van der Waals surface area contributed by atoms with Gasteiger partial charge in [0, 0.05) is 16.4 Å². The summed E-state index contributed by atoms with van der Waals surface area (Å²) >= 11 is 17.5. The van der Waals surface area contributed by atoms with Crippen LogP contribution < -0.4 is 10.6 Å². The largest absolute Gasteiger partial charge is 0.478 e. The van der Waals surface area contributed by atoms with Crippen molar-refractivity contribution in [3.05, 3.63) is 69.2 Å². The lowest BCUT2D eigenvalue weighted by Gasteiger charge is -2.08.